The van der Waals surface area contributed by atoms with Crippen LogP contribution in [-0.4, -0.2) is 83.5 Å². The van der Waals surface area contributed by atoms with Gasteiger partial charge in [-0.3, -0.25) is 14.5 Å². The summed E-state index contributed by atoms with van der Waals surface area (Å²) < 4.78 is 15.5. The molecule has 0 bridgehead atoms. The molecule has 194 valence electrons. The maximum Gasteiger partial charge on any atom is 0.268 e. The van der Waals surface area contributed by atoms with Crippen molar-refractivity contribution in [2.45, 2.75) is 50.6 Å². The number of rotatable bonds is 7. The number of fused-ring (bicyclic) bond motifs is 1. The van der Waals surface area contributed by atoms with Crippen molar-refractivity contribution < 1.29 is 14.0 Å². The number of hydrogen-bond acceptors (Lipinski definition) is 5. The Morgan fingerprint density at radius 1 is 1.17 bits per heavy atom. The molecule has 1 saturated heterocycles. The third kappa shape index (κ3) is 5.78. The number of hydrogen-bond donors (Lipinski definition) is 2. The lowest BCUT2D eigenvalue weighted by Crippen LogP contribution is -2.53. The molecule has 5 rings (SSSR count). The van der Waals surface area contributed by atoms with E-state index in [-0.39, 0.29) is 30.3 Å². The number of piperazine rings is 1. The van der Waals surface area contributed by atoms with Gasteiger partial charge >= 0.3 is 0 Å². The first-order chi connectivity index (χ1) is 17.5. The Balaban J connectivity index is 1.28. The van der Waals surface area contributed by atoms with Crippen LogP contribution in [0.15, 0.2) is 30.6 Å². The Hall–Kier alpha value is -2.78. The Morgan fingerprint density at radius 3 is 2.69 bits per heavy atom. The highest BCUT2D eigenvalue weighted by Crippen LogP contribution is 2.30. The molecule has 1 aliphatic carbocycles. The van der Waals surface area contributed by atoms with Gasteiger partial charge in [-0.05, 0) is 43.5 Å². The minimum Gasteiger partial charge on any atom is -0.352 e. The highest BCUT2D eigenvalue weighted by molar-refractivity contribution is 5.95. The van der Waals surface area contributed by atoms with Gasteiger partial charge in [0.25, 0.3) is 5.91 Å². The summed E-state index contributed by atoms with van der Waals surface area (Å²) in [5.74, 6) is -0.200. The van der Waals surface area contributed by atoms with Crippen molar-refractivity contribution in [3.63, 3.8) is 0 Å². The number of halogens is 1. The second kappa shape index (κ2) is 11.1. The molecule has 4 heterocycles. The first kappa shape index (κ1) is 24.9. The van der Waals surface area contributed by atoms with Crippen LogP contribution in [0.3, 0.4) is 0 Å². The number of carbonyl (C=O) groups excluding carboxylic acids is 2. The Kier molecular flexibility index (Phi) is 7.67. The van der Waals surface area contributed by atoms with Crippen LogP contribution in [0, 0.1) is 11.9 Å². The molecule has 0 spiro atoms. The quantitative estimate of drug-likeness (QED) is 0.576. The zero-order valence-corrected chi connectivity index (χ0v) is 21.1. The lowest BCUT2D eigenvalue weighted by molar-refractivity contribution is -0.123. The van der Waals surface area contributed by atoms with Crippen molar-refractivity contribution in [3.05, 3.63) is 42.2 Å². The summed E-state index contributed by atoms with van der Waals surface area (Å²) in [6.07, 6.45) is 9.66. The van der Waals surface area contributed by atoms with Crippen molar-refractivity contribution in [1.82, 2.24) is 30.0 Å². The summed E-state index contributed by atoms with van der Waals surface area (Å²) in [7, 11) is 2.16. The summed E-state index contributed by atoms with van der Waals surface area (Å²) in [6.45, 7) is 5.49. The van der Waals surface area contributed by atoms with Gasteiger partial charge in [-0.1, -0.05) is 19.3 Å². The van der Waals surface area contributed by atoms with Gasteiger partial charge in [-0.25, -0.2) is 4.98 Å². The second-order valence-electron chi connectivity index (χ2n) is 10.6. The van der Waals surface area contributed by atoms with Crippen molar-refractivity contribution in [1.29, 1.82) is 0 Å². The third-order valence-electron chi connectivity index (χ3n) is 8.07. The number of likely N-dealkylation sites (N-methyl/N-ethyl adjacent to an activating group) is 1. The molecule has 2 aromatic heterocycles. The topological polar surface area (TPSA) is 82.5 Å². The monoisotopic (exact) mass is 496 g/mol. The van der Waals surface area contributed by atoms with Gasteiger partial charge in [0.2, 0.25) is 11.9 Å². The van der Waals surface area contributed by atoms with E-state index >= 15 is 0 Å². The van der Waals surface area contributed by atoms with Gasteiger partial charge in [0.05, 0.1) is 6.04 Å². The molecule has 36 heavy (non-hydrogen) atoms. The Morgan fingerprint density at radius 2 is 1.94 bits per heavy atom. The Bertz CT molecular complexity index is 1070. The number of nitrogens with zero attached hydrogens (tertiary/aromatic N) is 4. The van der Waals surface area contributed by atoms with Gasteiger partial charge in [0.15, 0.2) is 0 Å². The zero-order chi connectivity index (χ0) is 25.1. The van der Waals surface area contributed by atoms with E-state index in [4.69, 9.17) is 0 Å². The molecule has 8 nitrogen and oxygen atoms in total. The highest BCUT2D eigenvalue weighted by Gasteiger charge is 2.31. The van der Waals surface area contributed by atoms with E-state index in [0.717, 1.165) is 38.3 Å². The predicted octanol–water partition coefficient (Wildman–Crippen LogP) is 2.68. The van der Waals surface area contributed by atoms with Crippen molar-refractivity contribution in [3.8, 4) is 11.1 Å². The highest BCUT2D eigenvalue weighted by atomic mass is 19.1. The summed E-state index contributed by atoms with van der Waals surface area (Å²) >= 11 is 0. The average Bonchev–Trinajstić information content (AvgIpc) is 3.34. The van der Waals surface area contributed by atoms with Crippen LogP contribution in [0.25, 0.3) is 11.1 Å². The summed E-state index contributed by atoms with van der Waals surface area (Å²) in [4.78, 5) is 34.3. The van der Waals surface area contributed by atoms with Gasteiger partial charge in [-0.2, -0.15) is 4.39 Å². The predicted molar refractivity (Wildman–Crippen MR) is 136 cm³/mol. The lowest BCUT2D eigenvalue weighted by Gasteiger charge is -2.38. The largest absolute Gasteiger partial charge is 0.352 e. The number of pyridine rings is 1. The summed E-state index contributed by atoms with van der Waals surface area (Å²) in [6, 6.07) is 4.80. The van der Waals surface area contributed by atoms with E-state index in [2.05, 4.69) is 32.5 Å². The van der Waals surface area contributed by atoms with Crippen molar-refractivity contribution in [2.24, 2.45) is 5.92 Å². The number of amides is 2. The van der Waals surface area contributed by atoms with Crippen molar-refractivity contribution >= 4 is 11.8 Å². The smallest absolute Gasteiger partial charge is 0.268 e. The number of nitrogens with one attached hydrogen (secondary N) is 2. The molecule has 0 unspecified atom stereocenters. The molecule has 2 N–H and O–H groups in total. The fourth-order valence-electron chi connectivity index (χ4n) is 5.91. The van der Waals surface area contributed by atoms with Crippen molar-refractivity contribution in [2.75, 3.05) is 46.3 Å². The molecule has 9 heteroatoms. The van der Waals surface area contributed by atoms with E-state index in [1.807, 2.05) is 10.8 Å². The van der Waals surface area contributed by atoms with E-state index in [9.17, 15) is 14.0 Å². The first-order valence-electron chi connectivity index (χ1n) is 13.3. The minimum absolute atomic E-state index is 0.0250. The molecule has 2 aliphatic heterocycles. The molecule has 2 atom stereocenters. The third-order valence-corrected chi connectivity index (χ3v) is 8.07. The average molecular weight is 497 g/mol. The molecule has 1 saturated carbocycles. The number of carbonyl (C=O) groups is 2. The van der Waals surface area contributed by atoms with E-state index in [0.29, 0.717) is 23.7 Å². The molecule has 0 aromatic carbocycles. The SMILES string of the molecule is CN1CCN(C[C@@H](NC(=O)C[C@H]2CNC(=O)c3cc(-c4ccnc(F)c4)cn32)C2CCCCC2)CC1. The van der Waals surface area contributed by atoms with Crippen LogP contribution in [0.1, 0.15) is 55.1 Å². The number of aromatic nitrogens is 2. The molecule has 0 radical (unpaired) electrons. The van der Waals surface area contributed by atoms with Crippen LogP contribution in [0.2, 0.25) is 0 Å². The first-order valence-corrected chi connectivity index (χ1v) is 13.3. The fraction of sp³-hybridized carbons (Fsp3) is 0.593. The maximum absolute atomic E-state index is 13.7. The normalized spacial score (nSPS) is 22.6. The van der Waals surface area contributed by atoms with Gasteiger partial charge < -0.3 is 20.1 Å². The molecule has 2 aromatic rings. The summed E-state index contributed by atoms with van der Waals surface area (Å²) in [5.41, 5.74) is 1.89. The van der Waals surface area contributed by atoms with Gasteiger partial charge in [-0.15, -0.1) is 0 Å². The van der Waals surface area contributed by atoms with Crippen LogP contribution in [0.4, 0.5) is 4.39 Å². The van der Waals surface area contributed by atoms with Gasteiger partial charge in [0.1, 0.15) is 5.69 Å². The van der Waals surface area contributed by atoms with E-state index in [1.165, 1.54) is 44.4 Å². The molecular formula is C27H37FN6O2. The van der Waals surface area contributed by atoms with E-state index in [1.54, 1.807) is 12.1 Å². The van der Waals surface area contributed by atoms with Crippen LogP contribution < -0.4 is 10.6 Å². The Labute approximate surface area is 212 Å². The molecule has 2 fully saturated rings. The lowest BCUT2D eigenvalue weighted by atomic mass is 9.83. The maximum atomic E-state index is 13.7. The summed E-state index contributed by atoms with van der Waals surface area (Å²) in [5, 5.41) is 6.32. The zero-order valence-electron chi connectivity index (χ0n) is 21.1. The molecule has 2 amide bonds. The minimum atomic E-state index is -0.564. The van der Waals surface area contributed by atoms with Crippen LogP contribution in [0.5, 0.6) is 0 Å². The second-order valence-corrected chi connectivity index (χ2v) is 10.6. The van der Waals surface area contributed by atoms with Gasteiger partial charge in [0, 0.05) is 75.8 Å². The fourth-order valence-corrected chi connectivity index (χ4v) is 5.91. The van der Waals surface area contributed by atoms with E-state index < -0.39 is 5.95 Å². The molecule has 3 aliphatic rings. The standard InChI is InChI=1S/C27H37FN6O2/c1-32-9-11-33(12-10-32)18-23(19-5-3-2-4-6-19)31-26(35)15-22-16-30-27(36)24-13-21(17-34(22)24)20-7-8-29-25(28)14-20/h7-8,13-14,17,19,22-23H,2-6,9-12,15-16,18H2,1H3,(H,30,36)(H,31,35)/t22-,23+/m0/s1. The van der Waals surface area contributed by atoms with Crippen LogP contribution in [-0.2, 0) is 4.79 Å². The van der Waals surface area contributed by atoms with Crippen LogP contribution >= 0.6 is 0 Å². The molecular weight excluding hydrogens is 459 g/mol.